The number of alkyl halides is 5. The molecule has 17 heavy (non-hydrogen) atoms. The van der Waals surface area contributed by atoms with E-state index in [1.807, 2.05) is 0 Å². The summed E-state index contributed by atoms with van der Waals surface area (Å²) in [6.45, 7) is 1.92. The lowest BCUT2D eigenvalue weighted by atomic mass is 10.1. The van der Waals surface area contributed by atoms with Crippen LogP contribution in [0.1, 0.15) is 29.8 Å². The molecule has 0 radical (unpaired) electrons. The summed E-state index contributed by atoms with van der Waals surface area (Å²) in [5.74, 6) is -5.20. The molecular weight excluding hydrogens is 243 g/mol. The van der Waals surface area contributed by atoms with Crippen molar-refractivity contribution in [3.8, 4) is 0 Å². The van der Waals surface area contributed by atoms with E-state index in [0.29, 0.717) is 5.69 Å². The first-order chi connectivity index (χ1) is 7.78. The van der Waals surface area contributed by atoms with Gasteiger partial charge in [-0.15, -0.1) is 0 Å². The first-order valence-electron chi connectivity index (χ1n) is 5.33. The molecule has 0 bridgehead atoms. The number of aryl methyl sites for hydroxylation is 1. The van der Waals surface area contributed by atoms with E-state index in [9.17, 15) is 22.0 Å². The summed E-state index contributed by atoms with van der Waals surface area (Å²) < 4.78 is 65.7. The van der Waals surface area contributed by atoms with Crippen LogP contribution in [0.2, 0.25) is 0 Å². The molecule has 2 aliphatic rings. The zero-order chi connectivity index (χ0) is 12.6. The topological polar surface area (TPSA) is 17.8 Å². The molecule has 7 heteroatoms. The summed E-state index contributed by atoms with van der Waals surface area (Å²) in [5.41, 5.74) is -1.06. The van der Waals surface area contributed by atoms with Gasteiger partial charge in [-0.25, -0.2) is 8.78 Å². The SMILES string of the molecule is CCn1nc(C(F)(F)F)c2c1CC1C2C1(F)F. The van der Waals surface area contributed by atoms with Crippen LogP contribution in [0.3, 0.4) is 0 Å². The Kier molecular flexibility index (Phi) is 1.82. The molecule has 1 aromatic heterocycles. The molecule has 0 saturated heterocycles. The fourth-order valence-corrected chi connectivity index (χ4v) is 2.77. The van der Waals surface area contributed by atoms with Gasteiger partial charge in [0.15, 0.2) is 5.69 Å². The van der Waals surface area contributed by atoms with Gasteiger partial charge < -0.3 is 0 Å². The van der Waals surface area contributed by atoms with Gasteiger partial charge in [0.1, 0.15) is 0 Å². The molecule has 0 aromatic carbocycles. The predicted octanol–water partition coefficient (Wildman–Crippen LogP) is 2.83. The molecule has 3 rings (SSSR count). The standard InChI is InChI=1S/C10H9F5N2/c1-2-17-5-3-4-7(9(4,11)12)6(5)8(16-17)10(13,14)15/h4,7H,2-3H2,1H3. The van der Waals surface area contributed by atoms with E-state index in [2.05, 4.69) is 5.10 Å². The van der Waals surface area contributed by atoms with Crippen LogP contribution in [0.25, 0.3) is 0 Å². The van der Waals surface area contributed by atoms with Gasteiger partial charge in [-0.05, 0) is 13.3 Å². The average Bonchev–Trinajstić information content (AvgIpc) is 2.57. The van der Waals surface area contributed by atoms with Crippen molar-refractivity contribution in [1.29, 1.82) is 0 Å². The fourth-order valence-electron chi connectivity index (χ4n) is 2.77. The van der Waals surface area contributed by atoms with E-state index < -0.39 is 29.6 Å². The van der Waals surface area contributed by atoms with E-state index in [1.165, 1.54) is 4.68 Å². The first-order valence-corrected chi connectivity index (χ1v) is 5.33. The normalized spacial score (nSPS) is 29.1. The minimum atomic E-state index is -4.65. The number of halogens is 5. The van der Waals surface area contributed by atoms with Crippen LogP contribution in [0.4, 0.5) is 22.0 Å². The molecule has 1 fully saturated rings. The van der Waals surface area contributed by atoms with Crippen molar-refractivity contribution in [3.63, 3.8) is 0 Å². The highest BCUT2D eigenvalue weighted by molar-refractivity contribution is 5.47. The van der Waals surface area contributed by atoms with Crippen molar-refractivity contribution in [1.82, 2.24) is 9.78 Å². The highest BCUT2D eigenvalue weighted by Crippen LogP contribution is 2.68. The average molecular weight is 252 g/mol. The van der Waals surface area contributed by atoms with E-state index in [4.69, 9.17) is 0 Å². The number of hydrogen-bond donors (Lipinski definition) is 0. The number of fused-ring (bicyclic) bond motifs is 3. The van der Waals surface area contributed by atoms with E-state index in [-0.39, 0.29) is 18.5 Å². The Labute approximate surface area is 93.4 Å². The quantitative estimate of drug-likeness (QED) is 0.703. The molecule has 0 amide bonds. The molecule has 1 saturated carbocycles. The van der Waals surface area contributed by atoms with Crippen LogP contribution in [-0.4, -0.2) is 15.7 Å². The third-order valence-electron chi connectivity index (χ3n) is 3.59. The maximum Gasteiger partial charge on any atom is 0.435 e. The lowest BCUT2D eigenvalue weighted by Gasteiger charge is -2.06. The summed E-state index contributed by atoms with van der Waals surface area (Å²) in [6, 6.07) is 0. The Balaban J connectivity index is 2.15. The van der Waals surface area contributed by atoms with E-state index >= 15 is 0 Å². The van der Waals surface area contributed by atoms with Gasteiger partial charge in [0.25, 0.3) is 5.92 Å². The summed E-state index contributed by atoms with van der Waals surface area (Å²) in [4.78, 5) is 0. The molecule has 1 aromatic rings. The third kappa shape index (κ3) is 1.22. The van der Waals surface area contributed by atoms with Gasteiger partial charge in [-0.2, -0.15) is 18.3 Å². The van der Waals surface area contributed by atoms with Gasteiger partial charge in [0.2, 0.25) is 0 Å². The Bertz CT molecular complexity index is 488. The number of aromatic nitrogens is 2. The van der Waals surface area contributed by atoms with Gasteiger partial charge in [0, 0.05) is 23.7 Å². The zero-order valence-corrected chi connectivity index (χ0v) is 8.85. The van der Waals surface area contributed by atoms with Crippen LogP contribution >= 0.6 is 0 Å². The van der Waals surface area contributed by atoms with Gasteiger partial charge >= 0.3 is 6.18 Å². The highest BCUT2D eigenvalue weighted by Gasteiger charge is 2.74. The maximum absolute atomic E-state index is 13.2. The highest BCUT2D eigenvalue weighted by atomic mass is 19.4. The Morgan fingerprint density at radius 3 is 2.59 bits per heavy atom. The zero-order valence-electron chi connectivity index (χ0n) is 8.85. The molecule has 0 aliphatic heterocycles. The largest absolute Gasteiger partial charge is 0.435 e. The van der Waals surface area contributed by atoms with Crippen molar-refractivity contribution in [2.45, 2.75) is 37.9 Å². The molecule has 2 unspecified atom stereocenters. The molecule has 0 N–H and O–H groups in total. The van der Waals surface area contributed by atoms with Crippen LogP contribution in [-0.2, 0) is 19.1 Å². The molecular formula is C10H9F5N2. The molecule has 0 spiro atoms. The van der Waals surface area contributed by atoms with Crippen LogP contribution in [0.5, 0.6) is 0 Å². The summed E-state index contributed by atoms with van der Waals surface area (Å²) >= 11 is 0. The Hall–Kier alpha value is -1.14. The van der Waals surface area contributed by atoms with Gasteiger partial charge in [-0.1, -0.05) is 0 Å². The smallest absolute Gasteiger partial charge is 0.269 e. The lowest BCUT2D eigenvalue weighted by molar-refractivity contribution is -0.142. The molecule has 94 valence electrons. The Morgan fingerprint density at radius 2 is 2.06 bits per heavy atom. The number of nitrogens with zero attached hydrogens (tertiary/aromatic N) is 2. The minimum Gasteiger partial charge on any atom is -0.269 e. The second-order valence-corrected chi connectivity index (χ2v) is 4.49. The van der Waals surface area contributed by atoms with Crippen molar-refractivity contribution in [3.05, 3.63) is 17.0 Å². The van der Waals surface area contributed by atoms with Gasteiger partial charge in [0.05, 0.1) is 5.92 Å². The van der Waals surface area contributed by atoms with Crippen molar-refractivity contribution >= 4 is 0 Å². The predicted molar refractivity (Wildman–Crippen MR) is 47.8 cm³/mol. The van der Waals surface area contributed by atoms with E-state index in [0.717, 1.165) is 0 Å². The maximum atomic E-state index is 13.2. The molecule has 2 aliphatic carbocycles. The van der Waals surface area contributed by atoms with Gasteiger partial charge in [-0.3, -0.25) is 4.68 Å². The monoisotopic (exact) mass is 252 g/mol. The summed E-state index contributed by atoms with van der Waals surface area (Å²) in [5, 5.41) is 3.42. The van der Waals surface area contributed by atoms with Crippen LogP contribution < -0.4 is 0 Å². The second kappa shape index (κ2) is 2.81. The molecule has 2 nitrogen and oxygen atoms in total. The number of hydrogen-bond acceptors (Lipinski definition) is 1. The van der Waals surface area contributed by atoms with E-state index in [1.54, 1.807) is 6.92 Å². The minimum absolute atomic E-state index is 0.00389. The summed E-state index contributed by atoms with van der Waals surface area (Å²) in [6.07, 6.45) is -4.65. The Morgan fingerprint density at radius 1 is 1.41 bits per heavy atom. The number of rotatable bonds is 1. The van der Waals surface area contributed by atoms with Crippen LogP contribution in [0, 0.1) is 5.92 Å². The van der Waals surface area contributed by atoms with Crippen LogP contribution in [0.15, 0.2) is 0 Å². The molecule has 2 atom stereocenters. The van der Waals surface area contributed by atoms with Crippen molar-refractivity contribution in [2.75, 3.05) is 0 Å². The fraction of sp³-hybridized carbons (Fsp3) is 0.700. The summed E-state index contributed by atoms with van der Waals surface area (Å²) in [7, 11) is 0. The molecule has 1 heterocycles. The second-order valence-electron chi connectivity index (χ2n) is 4.49. The third-order valence-corrected chi connectivity index (χ3v) is 3.59. The lowest BCUT2D eigenvalue weighted by Crippen LogP contribution is -2.10. The first kappa shape index (κ1) is 11.0. The van der Waals surface area contributed by atoms with Crippen molar-refractivity contribution < 1.29 is 22.0 Å². The van der Waals surface area contributed by atoms with Crippen molar-refractivity contribution in [2.24, 2.45) is 5.92 Å².